The number of thiazole rings is 1. The van der Waals surface area contributed by atoms with Crippen LogP contribution in [0.3, 0.4) is 0 Å². The lowest BCUT2D eigenvalue weighted by Gasteiger charge is -2.15. The summed E-state index contributed by atoms with van der Waals surface area (Å²) in [5, 5.41) is 7.09. The first-order valence-corrected chi connectivity index (χ1v) is 10.1. The van der Waals surface area contributed by atoms with Crippen LogP contribution in [0.4, 0.5) is 0 Å². The molecule has 1 unspecified atom stereocenters. The summed E-state index contributed by atoms with van der Waals surface area (Å²) in [6.07, 6.45) is 5.26. The molecule has 8 heteroatoms. The number of ether oxygens (including phenoxy) is 2. The van der Waals surface area contributed by atoms with Crippen molar-refractivity contribution in [2.75, 3.05) is 19.9 Å². The van der Waals surface area contributed by atoms with Gasteiger partial charge in [0.15, 0.2) is 11.5 Å². The van der Waals surface area contributed by atoms with Crippen molar-refractivity contribution < 1.29 is 14.3 Å². The van der Waals surface area contributed by atoms with E-state index in [0.717, 1.165) is 47.3 Å². The van der Waals surface area contributed by atoms with Gasteiger partial charge in [0.25, 0.3) is 0 Å². The van der Waals surface area contributed by atoms with Gasteiger partial charge in [0.1, 0.15) is 5.01 Å². The van der Waals surface area contributed by atoms with Crippen molar-refractivity contribution >= 4 is 17.2 Å². The van der Waals surface area contributed by atoms with E-state index in [4.69, 9.17) is 9.47 Å². The fraction of sp³-hybridized carbons (Fsp3) is 0.350. The van der Waals surface area contributed by atoms with E-state index in [0.29, 0.717) is 12.3 Å². The van der Waals surface area contributed by atoms with Gasteiger partial charge in [0.05, 0.1) is 18.3 Å². The van der Waals surface area contributed by atoms with E-state index in [1.54, 1.807) is 11.3 Å². The van der Waals surface area contributed by atoms with E-state index < -0.39 is 0 Å². The molecule has 2 aliphatic heterocycles. The SMILES string of the molecule is Cn1cc(C2CCN(C(=O)Cc3csc(-c4ccc5c(c4)OCO5)n3)C2)cn1. The third-order valence-electron chi connectivity index (χ3n) is 5.24. The fourth-order valence-corrected chi connectivity index (χ4v) is 4.54. The number of nitrogens with zero attached hydrogens (tertiary/aromatic N) is 4. The van der Waals surface area contributed by atoms with Crippen LogP contribution in [-0.2, 0) is 18.3 Å². The minimum Gasteiger partial charge on any atom is -0.454 e. The predicted octanol–water partition coefficient (Wildman–Crippen LogP) is 2.83. The van der Waals surface area contributed by atoms with Crippen LogP contribution in [0, 0.1) is 0 Å². The molecule has 1 saturated heterocycles. The summed E-state index contributed by atoms with van der Waals surface area (Å²) in [5.41, 5.74) is 3.00. The van der Waals surface area contributed by atoms with Gasteiger partial charge in [-0.25, -0.2) is 4.98 Å². The molecule has 0 saturated carbocycles. The lowest BCUT2D eigenvalue weighted by molar-refractivity contribution is -0.129. The molecule has 2 aliphatic rings. The molecule has 28 heavy (non-hydrogen) atoms. The average Bonchev–Trinajstić information content (AvgIpc) is 3.47. The number of rotatable bonds is 4. The molecular weight excluding hydrogens is 376 g/mol. The Morgan fingerprint density at radius 3 is 3.07 bits per heavy atom. The number of likely N-dealkylation sites (tertiary alicyclic amines) is 1. The van der Waals surface area contributed by atoms with Gasteiger partial charge in [0, 0.05) is 43.2 Å². The topological polar surface area (TPSA) is 69.5 Å². The predicted molar refractivity (Wildman–Crippen MR) is 105 cm³/mol. The van der Waals surface area contributed by atoms with E-state index in [9.17, 15) is 4.79 Å². The number of benzene rings is 1. The molecule has 0 bridgehead atoms. The summed E-state index contributed by atoms with van der Waals surface area (Å²) in [5.74, 6) is 2.00. The molecule has 7 nitrogen and oxygen atoms in total. The zero-order valence-corrected chi connectivity index (χ0v) is 16.3. The molecule has 4 heterocycles. The van der Waals surface area contributed by atoms with Gasteiger partial charge >= 0.3 is 0 Å². The number of fused-ring (bicyclic) bond motifs is 1. The first-order chi connectivity index (χ1) is 13.7. The highest BCUT2D eigenvalue weighted by molar-refractivity contribution is 7.13. The Balaban J connectivity index is 1.24. The zero-order chi connectivity index (χ0) is 19.1. The van der Waals surface area contributed by atoms with Crippen LogP contribution in [0.2, 0.25) is 0 Å². The number of hydrogen-bond donors (Lipinski definition) is 0. The van der Waals surface area contributed by atoms with Crippen LogP contribution in [0.25, 0.3) is 10.6 Å². The third-order valence-corrected chi connectivity index (χ3v) is 6.18. The summed E-state index contributed by atoms with van der Waals surface area (Å²) < 4.78 is 12.6. The van der Waals surface area contributed by atoms with Gasteiger partial charge in [-0.05, 0) is 30.2 Å². The van der Waals surface area contributed by atoms with Crippen molar-refractivity contribution in [3.05, 3.63) is 47.2 Å². The minimum absolute atomic E-state index is 0.133. The van der Waals surface area contributed by atoms with Crippen molar-refractivity contribution in [3.63, 3.8) is 0 Å². The van der Waals surface area contributed by atoms with Crippen LogP contribution in [0.1, 0.15) is 23.6 Å². The van der Waals surface area contributed by atoms with Crippen molar-refractivity contribution in [1.82, 2.24) is 19.7 Å². The van der Waals surface area contributed by atoms with Gasteiger partial charge in [-0.15, -0.1) is 11.3 Å². The van der Waals surface area contributed by atoms with E-state index >= 15 is 0 Å². The summed E-state index contributed by atoms with van der Waals surface area (Å²) in [7, 11) is 1.92. The highest BCUT2D eigenvalue weighted by Crippen LogP contribution is 2.36. The van der Waals surface area contributed by atoms with Crippen LogP contribution >= 0.6 is 11.3 Å². The maximum absolute atomic E-state index is 12.7. The number of aryl methyl sites for hydroxylation is 1. The highest BCUT2D eigenvalue weighted by Gasteiger charge is 2.28. The van der Waals surface area contributed by atoms with Crippen LogP contribution in [-0.4, -0.2) is 45.5 Å². The highest BCUT2D eigenvalue weighted by atomic mass is 32.1. The Kier molecular flexibility index (Phi) is 4.27. The van der Waals surface area contributed by atoms with Crippen molar-refractivity contribution in [3.8, 4) is 22.1 Å². The number of carbonyl (C=O) groups is 1. The zero-order valence-electron chi connectivity index (χ0n) is 15.5. The number of hydrogen-bond acceptors (Lipinski definition) is 6. The fourth-order valence-electron chi connectivity index (χ4n) is 3.73. The Labute approximate surface area is 166 Å². The van der Waals surface area contributed by atoms with Crippen LogP contribution in [0.5, 0.6) is 11.5 Å². The molecule has 1 fully saturated rings. The maximum Gasteiger partial charge on any atom is 0.231 e. The molecule has 144 valence electrons. The summed E-state index contributed by atoms with van der Waals surface area (Å²) >= 11 is 1.54. The second-order valence-electron chi connectivity index (χ2n) is 7.16. The minimum atomic E-state index is 0.133. The van der Waals surface area contributed by atoms with Crippen LogP contribution in [0.15, 0.2) is 36.0 Å². The van der Waals surface area contributed by atoms with E-state index in [2.05, 4.69) is 10.1 Å². The first-order valence-electron chi connectivity index (χ1n) is 9.26. The molecule has 0 radical (unpaired) electrons. The van der Waals surface area contributed by atoms with Gasteiger partial charge in [0.2, 0.25) is 12.7 Å². The Morgan fingerprint density at radius 1 is 1.32 bits per heavy atom. The van der Waals surface area contributed by atoms with Crippen molar-refractivity contribution in [1.29, 1.82) is 0 Å². The summed E-state index contributed by atoms with van der Waals surface area (Å²) in [6.45, 7) is 1.80. The molecule has 3 aromatic rings. The Morgan fingerprint density at radius 2 is 2.21 bits per heavy atom. The molecular formula is C20H20N4O3S. The molecule has 5 rings (SSSR count). The van der Waals surface area contributed by atoms with E-state index in [1.165, 1.54) is 5.56 Å². The lowest BCUT2D eigenvalue weighted by atomic mass is 10.0. The second kappa shape index (κ2) is 6.94. The average molecular weight is 396 g/mol. The number of carbonyl (C=O) groups excluding carboxylic acids is 1. The van der Waals surface area contributed by atoms with Gasteiger partial charge < -0.3 is 14.4 Å². The lowest BCUT2D eigenvalue weighted by Crippen LogP contribution is -2.29. The molecule has 0 aliphatic carbocycles. The maximum atomic E-state index is 12.7. The molecule has 1 atom stereocenters. The standard InChI is InChI=1S/C20H20N4O3S/c1-23-9-15(8-21-23)14-4-5-24(10-14)19(25)7-16-11-28-20(22-16)13-2-3-17-18(6-13)27-12-26-17/h2-3,6,8-9,11,14H,4-5,7,10,12H2,1H3. The monoisotopic (exact) mass is 396 g/mol. The van der Waals surface area contributed by atoms with E-state index in [1.807, 2.05) is 52.6 Å². The Bertz CT molecular complexity index is 1030. The smallest absolute Gasteiger partial charge is 0.231 e. The van der Waals surface area contributed by atoms with Gasteiger partial charge in [-0.3, -0.25) is 9.48 Å². The number of aromatic nitrogens is 3. The molecule has 0 N–H and O–H groups in total. The van der Waals surface area contributed by atoms with Crippen molar-refractivity contribution in [2.45, 2.75) is 18.8 Å². The number of amides is 1. The molecule has 2 aromatic heterocycles. The molecule has 1 amide bonds. The summed E-state index contributed by atoms with van der Waals surface area (Å²) in [6, 6.07) is 5.80. The quantitative estimate of drug-likeness (QED) is 0.678. The van der Waals surface area contributed by atoms with Gasteiger partial charge in [-0.1, -0.05) is 0 Å². The molecule has 0 spiro atoms. The second-order valence-corrected chi connectivity index (χ2v) is 8.02. The molecule has 1 aromatic carbocycles. The Hall–Kier alpha value is -2.87. The van der Waals surface area contributed by atoms with Crippen molar-refractivity contribution in [2.24, 2.45) is 7.05 Å². The normalized spacial score (nSPS) is 18.0. The third kappa shape index (κ3) is 3.24. The van der Waals surface area contributed by atoms with Crippen LogP contribution < -0.4 is 9.47 Å². The van der Waals surface area contributed by atoms with Gasteiger partial charge in [-0.2, -0.15) is 5.10 Å². The summed E-state index contributed by atoms with van der Waals surface area (Å²) in [4.78, 5) is 19.3. The van der Waals surface area contributed by atoms with E-state index in [-0.39, 0.29) is 12.7 Å². The first kappa shape index (κ1) is 17.2. The largest absolute Gasteiger partial charge is 0.454 e.